The van der Waals surface area contributed by atoms with E-state index >= 15 is 0 Å². The maximum atomic E-state index is 4.47. The summed E-state index contributed by atoms with van der Waals surface area (Å²) in [5.74, 6) is 0.948. The molecule has 1 aromatic heterocycles. The van der Waals surface area contributed by atoms with E-state index < -0.39 is 0 Å². The summed E-state index contributed by atoms with van der Waals surface area (Å²) >= 11 is 8.98. The molecular formula is C15H19Br2N3S. The lowest BCUT2D eigenvalue weighted by Gasteiger charge is -2.20. The van der Waals surface area contributed by atoms with Gasteiger partial charge in [0.25, 0.3) is 0 Å². The third-order valence-corrected chi connectivity index (χ3v) is 5.36. The van der Waals surface area contributed by atoms with E-state index in [0.717, 1.165) is 14.7 Å². The highest BCUT2D eigenvalue weighted by Gasteiger charge is 2.20. The highest BCUT2D eigenvalue weighted by Crippen LogP contribution is 2.31. The van der Waals surface area contributed by atoms with Crippen molar-refractivity contribution in [1.29, 1.82) is 0 Å². The molecule has 1 N–H and O–H groups in total. The van der Waals surface area contributed by atoms with E-state index in [1.165, 1.54) is 10.6 Å². The van der Waals surface area contributed by atoms with Gasteiger partial charge in [0, 0.05) is 21.2 Å². The summed E-state index contributed by atoms with van der Waals surface area (Å²) in [6, 6.07) is 8.98. The van der Waals surface area contributed by atoms with Gasteiger partial charge in [0.15, 0.2) is 0 Å². The minimum Gasteiger partial charge on any atom is -0.311 e. The predicted octanol–water partition coefficient (Wildman–Crippen LogP) is 5.04. The normalized spacial score (nSPS) is 12.9. The molecule has 0 saturated heterocycles. The third kappa shape index (κ3) is 4.34. The zero-order valence-corrected chi connectivity index (χ0v) is 16.3. The highest BCUT2D eigenvalue weighted by molar-refractivity contribution is 9.10. The number of rotatable bonds is 6. The van der Waals surface area contributed by atoms with Crippen molar-refractivity contribution in [3.05, 3.63) is 45.1 Å². The summed E-state index contributed by atoms with van der Waals surface area (Å²) in [4.78, 5) is 1.26. The Morgan fingerprint density at radius 3 is 2.71 bits per heavy atom. The first-order valence-corrected chi connectivity index (χ1v) is 9.38. The van der Waals surface area contributed by atoms with Crippen molar-refractivity contribution in [3.8, 4) is 0 Å². The molecule has 1 unspecified atom stereocenters. The lowest BCUT2D eigenvalue weighted by atomic mass is 10.2. The molecule has 0 aliphatic heterocycles. The summed E-state index contributed by atoms with van der Waals surface area (Å²) < 4.78 is 4.25. The molecule has 21 heavy (non-hydrogen) atoms. The smallest absolute Gasteiger partial charge is 0.0707 e. The van der Waals surface area contributed by atoms with Gasteiger partial charge >= 0.3 is 0 Å². The van der Waals surface area contributed by atoms with Gasteiger partial charge in [-0.15, -0.1) is 11.8 Å². The van der Waals surface area contributed by atoms with E-state index in [-0.39, 0.29) is 6.04 Å². The minimum atomic E-state index is 0.244. The second kappa shape index (κ2) is 7.81. The predicted molar refractivity (Wildman–Crippen MR) is 97.0 cm³/mol. The molecule has 0 spiro atoms. The van der Waals surface area contributed by atoms with Crippen LogP contribution in [0.4, 0.5) is 0 Å². The van der Waals surface area contributed by atoms with Crippen LogP contribution in [0.15, 0.2) is 44.3 Å². The van der Waals surface area contributed by atoms with Crippen LogP contribution in [-0.2, 0) is 0 Å². The van der Waals surface area contributed by atoms with Crippen LogP contribution < -0.4 is 5.32 Å². The first-order valence-electron chi connectivity index (χ1n) is 6.81. The van der Waals surface area contributed by atoms with Gasteiger partial charge in [0.1, 0.15) is 0 Å². The number of hydrogen-bond donors (Lipinski definition) is 1. The summed E-state index contributed by atoms with van der Waals surface area (Å²) in [5.41, 5.74) is 1.20. The fraction of sp³-hybridized carbons (Fsp3) is 0.400. The zero-order valence-electron chi connectivity index (χ0n) is 12.3. The van der Waals surface area contributed by atoms with Crippen LogP contribution in [0, 0.1) is 0 Å². The van der Waals surface area contributed by atoms with Gasteiger partial charge in [0.05, 0.1) is 22.4 Å². The quantitative estimate of drug-likeness (QED) is 0.648. The second-order valence-corrected chi connectivity index (χ2v) is 7.89. The molecule has 1 heterocycles. The van der Waals surface area contributed by atoms with Crippen molar-refractivity contribution < 1.29 is 0 Å². The molecule has 0 bridgehead atoms. The van der Waals surface area contributed by atoms with E-state index in [1.54, 1.807) is 0 Å². The van der Waals surface area contributed by atoms with Crippen molar-refractivity contribution in [2.45, 2.75) is 30.8 Å². The number of benzene rings is 1. The highest BCUT2D eigenvalue weighted by atomic mass is 79.9. The topological polar surface area (TPSA) is 29.9 Å². The molecule has 6 heteroatoms. The fourth-order valence-corrected chi connectivity index (χ4v) is 4.29. The summed E-state index contributed by atoms with van der Waals surface area (Å²) in [7, 11) is 2.00. The minimum absolute atomic E-state index is 0.244. The van der Waals surface area contributed by atoms with Crippen molar-refractivity contribution in [3.63, 3.8) is 0 Å². The molecule has 0 aliphatic carbocycles. The summed E-state index contributed by atoms with van der Waals surface area (Å²) in [5, 5.41) is 7.87. The average molecular weight is 433 g/mol. The van der Waals surface area contributed by atoms with Crippen LogP contribution in [0.2, 0.25) is 0 Å². The van der Waals surface area contributed by atoms with Crippen molar-refractivity contribution in [2.24, 2.45) is 0 Å². The van der Waals surface area contributed by atoms with Gasteiger partial charge in [0.2, 0.25) is 0 Å². The lowest BCUT2D eigenvalue weighted by molar-refractivity contribution is 0.476. The molecule has 0 amide bonds. The SMILES string of the molecule is CNC(CSc1cccc(Br)c1)c1c(Br)cnn1C(C)C. The average Bonchev–Trinajstić information content (AvgIpc) is 2.82. The van der Waals surface area contributed by atoms with Crippen molar-refractivity contribution >= 4 is 43.6 Å². The largest absolute Gasteiger partial charge is 0.311 e. The standard InChI is InChI=1S/C15H19Br2N3S/c1-10(2)20-15(13(17)8-19-20)14(18-3)9-21-12-6-4-5-11(16)7-12/h4-8,10,14,18H,9H2,1-3H3. The van der Waals surface area contributed by atoms with Crippen LogP contribution in [0.3, 0.4) is 0 Å². The van der Waals surface area contributed by atoms with Crippen LogP contribution in [0.5, 0.6) is 0 Å². The van der Waals surface area contributed by atoms with Crippen LogP contribution in [0.1, 0.15) is 31.6 Å². The molecule has 0 fully saturated rings. The van der Waals surface area contributed by atoms with Gasteiger partial charge in [-0.2, -0.15) is 5.10 Å². The summed E-state index contributed by atoms with van der Waals surface area (Å²) in [6.45, 7) is 4.30. The lowest BCUT2D eigenvalue weighted by Crippen LogP contribution is -2.23. The first-order chi connectivity index (χ1) is 10.0. The van der Waals surface area contributed by atoms with Gasteiger partial charge in [-0.05, 0) is 55.0 Å². The summed E-state index contributed by atoms with van der Waals surface area (Å²) in [6.07, 6.45) is 1.88. The molecule has 0 aliphatic rings. The Kier molecular flexibility index (Phi) is 6.34. The van der Waals surface area contributed by atoms with Gasteiger partial charge in [-0.1, -0.05) is 22.0 Å². The van der Waals surface area contributed by atoms with Crippen LogP contribution >= 0.6 is 43.6 Å². The molecule has 3 nitrogen and oxygen atoms in total. The monoisotopic (exact) mass is 431 g/mol. The van der Waals surface area contributed by atoms with E-state index in [9.17, 15) is 0 Å². The number of thioether (sulfide) groups is 1. The molecule has 2 rings (SSSR count). The van der Waals surface area contributed by atoms with E-state index in [4.69, 9.17) is 0 Å². The molecule has 0 radical (unpaired) electrons. The first kappa shape index (κ1) is 17.1. The maximum Gasteiger partial charge on any atom is 0.0707 e. The molecule has 1 atom stereocenters. The van der Waals surface area contributed by atoms with E-state index in [2.05, 4.69) is 79.0 Å². The van der Waals surface area contributed by atoms with Gasteiger partial charge in [-0.3, -0.25) is 4.68 Å². The Balaban J connectivity index is 2.15. The number of nitrogens with one attached hydrogen (secondary N) is 1. The van der Waals surface area contributed by atoms with Gasteiger partial charge in [-0.25, -0.2) is 0 Å². The number of hydrogen-bond acceptors (Lipinski definition) is 3. The second-order valence-electron chi connectivity index (χ2n) is 5.03. The van der Waals surface area contributed by atoms with Crippen molar-refractivity contribution in [1.82, 2.24) is 15.1 Å². The Bertz CT molecular complexity index is 598. The molecule has 2 aromatic rings. The van der Waals surface area contributed by atoms with Crippen LogP contribution in [-0.4, -0.2) is 22.6 Å². The Labute approximate surface area is 147 Å². The van der Waals surface area contributed by atoms with E-state index in [1.807, 2.05) is 31.1 Å². The third-order valence-electron chi connectivity index (χ3n) is 3.17. The Morgan fingerprint density at radius 1 is 1.33 bits per heavy atom. The number of aromatic nitrogens is 2. The van der Waals surface area contributed by atoms with Gasteiger partial charge < -0.3 is 5.32 Å². The van der Waals surface area contributed by atoms with Crippen LogP contribution in [0.25, 0.3) is 0 Å². The fourth-order valence-electron chi connectivity index (χ4n) is 2.12. The Morgan fingerprint density at radius 2 is 2.10 bits per heavy atom. The molecule has 114 valence electrons. The molecular weight excluding hydrogens is 414 g/mol. The zero-order chi connectivity index (χ0) is 15.4. The number of nitrogens with zero attached hydrogens (tertiary/aromatic N) is 2. The molecule has 0 saturated carbocycles. The van der Waals surface area contributed by atoms with Crippen molar-refractivity contribution in [2.75, 3.05) is 12.8 Å². The van der Waals surface area contributed by atoms with E-state index in [0.29, 0.717) is 6.04 Å². The Hall–Kier alpha value is -0.300. The molecule has 1 aromatic carbocycles. The maximum absolute atomic E-state index is 4.47. The number of halogens is 2.